The van der Waals surface area contributed by atoms with Gasteiger partial charge in [-0.3, -0.25) is 4.98 Å². The first-order valence-electron chi connectivity index (χ1n) is 4.65. The maximum atomic E-state index is 11.1. The first kappa shape index (κ1) is 10.2. The molecule has 0 amide bonds. The van der Waals surface area contributed by atoms with Gasteiger partial charge in [0.05, 0.1) is 23.6 Å². The number of carboxylic acid groups (broad SMARTS) is 1. The number of anilines is 1. The molecule has 0 saturated heterocycles. The zero-order valence-electron chi connectivity index (χ0n) is 8.34. The van der Waals surface area contributed by atoms with Gasteiger partial charge in [-0.05, 0) is 5.56 Å². The van der Waals surface area contributed by atoms with Crippen molar-refractivity contribution in [1.29, 1.82) is 0 Å². The standard InChI is InChI=1S/C12H9N2O2/c13-10-7-14-6-9(11(10)12(15)16)8-4-2-1-3-5-8/h1-5,7H,13H2,(H,15,16). The first-order valence-corrected chi connectivity index (χ1v) is 4.65. The van der Waals surface area contributed by atoms with E-state index in [1.165, 1.54) is 6.20 Å². The Bertz CT molecular complexity index is 524. The summed E-state index contributed by atoms with van der Waals surface area (Å²) in [5.74, 6) is -1.07. The number of aromatic carboxylic acids is 1. The van der Waals surface area contributed by atoms with E-state index in [1.54, 1.807) is 12.1 Å². The number of nitrogens with zero attached hydrogens (tertiary/aromatic N) is 1. The Balaban J connectivity index is 2.66. The van der Waals surface area contributed by atoms with Gasteiger partial charge in [-0.2, -0.15) is 0 Å². The van der Waals surface area contributed by atoms with Gasteiger partial charge in [0.2, 0.25) is 0 Å². The van der Waals surface area contributed by atoms with Gasteiger partial charge in [0, 0.05) is 5.56 Å². The van der Waals surface area contributed by atoms with Crippen LogP contribution in [0, 0.1) is 6.20 Å². The molecule has 0 unspecified atom stereocenters. The number of rotatable bonds is 2. The summed E-state index contributed by atoms with van der Waals surface area (Å²) in [5.41, 5.74) is 6.93. The molecule has 0 aliphatic heterocycles. The second kappa shape index (κ2) is 4.02. The van der Waals surface area contributed by atoms with Crippen LogP contribution in [-0.4, -0.2) is 16.1 Å². The summed E-state index contributed by atoms with van der Waals surface area (Å²) in [6, 6.07) is 9.07. The van der Waals surface area contributed by atoms with Crippen LogP contribution in [0.3, 0.4) is 0 Å². The Labute approximate surface area is 92.4 Å². The molecule has 0 spiro atoms. The molecule has 1 aromatic heterocycles. The van der Waals surface area contributed by atoms with Crippen molar-refractivity contribution < 1.29 is 9.90 Å². The zero-order valence-corrected chi connectivity index (χ0v) is 8.34. The molecule has 0 bridgehead atoms. The number of pyridine rings is 1. The van der Waals surface area contributed by atoms with Gasteiger partial charge in [-0.1, -0.05) is 30.3 Å². The predicted octanol–water partition coefficient (Wildman–Crippen LogP) is 1.83. The van der Waals surface area contributed by atoms with Crippen molar-refractivity contribution in [2.45, 2.75) is 0 Å². The maximum Gasteiger partial charge on any atom is 0.338 e. The molecule has 4 heteroatoms. The highest BCUT2D eigenvalue weighted by Crippen LogP contribution is 2.25. The Kier molecular flexibility index (Phi) is 2.55. The third-order valence-corrected chi connectivity index (χ3v) is 2.19. The van der Waals surface area contributed by atoms with E-state index in [4.69, 9.17) is 10.8 Å². The molecule has 0 aliphatic rings. The number of nitrogens with two attached hydrogens (primary N) is 1. The lowest BCUT2D eigenvalue weighted by atomic mass is 10.0. The molecule has 16 heavy (non-hydrogen) atoms. The second-order valence-corrected chi connectivity index (χ2v) is 3.25. The highest BCUT2D eigenvalue weighted by atomic mass is 16.4. The normalized spacial score (nSPS) is 10.0. The van der Waals surface area contributed by atoms with E-state index in [-0.39, 0.29) is 11.3 Å². The fraction of sp³-hybridized carbons (Fsp3) is 0. The number of carboxylic acids is 1. The molecule has 1 heterocycles. The topological polar surface area (TPSA) is 76.2 Å². The van der Waals surface area contributed by atoms with E-state index < -0.39 is 5.97 Å². The molecule has 0 saturated carbocycles. The van der Waals surface area contributed by atoms with Gasteiger partial charge in [-0.25, -0.2) is 4.79 Å². The molecular formula is C12H9N2O2. The summed E-state index contributed by atoms with van der Waals surface area (Å²) in [5, 5.41) is 9.08. The van der Waals surface area contributed by atoms with Gasteiger partial charge >= 0.3 is 5.97 Å². The average Bonchev–Trinajstić information content (AvgIpc) is 2.29. The molecule has 2 rings (SSSR count). The Morgan fingerprint density at radius 3 is 2.62 bits per heavy atom. The highest BCUT2D eigenvalue weighted by molar-refractivity contribution is 6.00. The Morgan fingerprint density at radius 2 is 2.00 bits per heavy atom. The van der Waals surface area contributed by atoms with Crippen LogP contribution >= 0.6 is 0 Å². The van der Waals surface area contributed by atoms with Gasteiger partial charge in [0.25, 0.3) is 0 Å². The van der Waals surface area contributed by atoms with Gasteiger partial charge in [0.1, 0.15) is 0 Å². The van der Waals surface area contributed by atoms with Crippen molar-refractivity contribution in [3.05, 3.63) is 48.3 Å². The molecule has 0 fully saturated rings. The van der Waals surface area contributed by atoms with E-state index in [2.05, 4.69) is 11.2 Å². The number of hydrogen-bond donors (Lipinski definition) is 2. The zero-order chi connectivity index (χ0) is 11.5. The highest BCUT2D eigenvalue weighted by Gasteiger charge is 2.15. The molecule has 1 radical (unpaired) electrons. The van der Waals surface area contributed by atoms with Gasteiger partial charge in [0.15, 0.2) is 0 Å². The third-order valence-electron chi connectivity index (χ3n) is 2.19. The smallest absolute Gasteiger partial charge is 0.338 e. The first-order chi connectivity index (χ1) is 7.70. The van der Waals surface area contributed by atoms with Crippen LogP contribution in [0.1, 0.15) is 10.4 Å². The Hall–Kier alpha value is -2.36. The van der Waals surface area contributed by atoms with Crippen LogP contribution in [0.5, 0.6) is 0 Å². The molecular weight excluding hydrogens is 204 g/mol. The summed E-state index contributed by atoms with van der Waals surface area (Å²) in [4.78, 5) is 14.9. The largest absolute Gasteiger partial charge is 0.478 e. The summed E-state index contributed by atoms with van der Waals surface area (Å²) in [6.45, 7) is 0. The van der Waals surface area contributed by atoms with Crippen molar-refractivity contribution in [2.24, 2.45) is 0 Å². The minimum Gasteiger partial charge on any atom is -0.478 e. The van der Waals surface area contributed by atoms with Crippen molar-refractivity contribution in [3.63, 3.8) is 0 Å². The minimum absolute atomic E-state index is 0.0428. The van der Waals surface area contributed by atoms with Gasteiger partial charge < -0.3 is 10.8 Å². The summed E-state index contributed by atoms with van der Waals surface area (Å²) >= 11 is 0. The predicted molar refractivity (Wildman–Crippen MR) is 59.9 cm³/mol. The van der Waals surface area contributed by atoms with E-state index >= 15 is 0 Å². The van der Waals surface area contributed by atoms with E-state index in [0.717, 1.165) is 5.56 Å². The third kappa shape index (κ3) is 1.72. The van der Waals surface area contributed by atoms with Crippen molar-refractivity contribution in [3.8, 4) is 11.1 Å². The minimum atomic E-state index is -1.07. The van der Waals surface area contributed by atoms with E-state index in [0.29, 0.717) is 5.56 Å². The molecule has 1 aromatic carbocycles. The fourth-order valence-electron chi connectivity index (χ4n) is 1.48. The maximum absolute atomic E-state index is 11.1. The van der Waals surface area contributed by atoms with E-state index in [9.17, 15) is 4.79 Å². The molecule has 0 atom stereocenters. The summed E-state index contributed by atoms with van der Waals surface area (Å²) in [7, 11) is 0. The summed E-state index contributed by atoms with van der Waals surface area (Å²) < 4.78 is 0. The van der Waals surface area contributed by atoms with Crippen LogP contribution in [0.25, 0.3) is 11.1 Å². The number of nitrogen functional groups attached to an aromatic ring is 1. The molecule has 0 aliphatic carbocycles. The number of aromatic nitrogens is 1. The number of hydrogen-bond acceptors (Lipinski definition) is 3. The lowest BCUT2D eigenvalue weighted by Crippen LogP contribution is -2.05. The van der Waals surface area contributed by atoms with Crippen molar-refractivity contribution in [1.82, 2.24) is 4.98 Å². The molecule has 79 valence electrons. The number of benzene rings is 1. The Morgan fingerprint density at radius 1 is 1.31 bits per heavy atom. The van der Waals surface area contributed by atoms with Crippen LogP contribution in [0.4, 0.5) is 5.69 Å². The molecule has 4 nitrogen and oxygen atoms in total. The van der Waals surface area contributed by atoms with Crippen LogP contribution in [0.15, 0.2) is 36.5 Å². The molecule has 3 N–H and O–H groups in total. The van der Waals surface area contributed by atoms with E-state index in [1.807, 2.05) is 18.2 Å². The SMILES string of the molecule is Nc1cn[c]c(-c2ccccc2)c1C(=O)O. The monoisotopic (exact) mass is 213 g/mol. The quantitative estimate of drug-likeness (QED) is 0.797. The number of carbonyl (C=O) groups is 1. The van der Waals surface area contributed by atoms with Crippen LogP contribution < -0.4 is 5.73 Å². The average molecular weight is 213 g/mol. The van der Waals surface area contributed by atoms with Crippen LogP contribution in [-0.2, 0) is 0 Å². The van der Waals surface area contributed by atoms with Gasteiger partial charge in [-0.15, -0.1) is 0 Å². The molecule has 2 aromatic rings. The van der Waals surface area contributed by atoms with Crippen LogP contribution in [0.2, 0.25) is 0 Å². The van der Waals surface area contributed by atoms with Crippen molar-refractivity contribution in [2.75, 3.05) is 5.73 Å². The lowest BCUT2D eigenvalue weighted by Gasteiger charge is -2.06. The van der Waals surface area contributed by atoms with Crippen molar-refractivity contribution >= 4 is 11.7 Å². The second-order valence-electron chi connectivity index (χ2n) is 3.25. The lowest BCUT2D eigenvalue weighted by molar-refractivity contribution is 0.0699. The summed E-state index contributed by atoms with van der Waals surface area (Å²) in [6.07, 6.45) is 3.95. The fourth-order valence-corrected chi connectivity index (χ4v) is 1.48.